The Kier molecular flexibility index (Phi) is 9.58. The number of alkyl carbamates (subject to hydrolysis) is 1. The number of carbonyl (C=O) groups excluding carboxylic acids is 3. The molecule has 1 aromatic rings. The zero-order valence-corrected chi connectivity index (χ0v) is 19.1. The van der Waals surface area contributed by atoms with Crippen LogP contribution in [0.2, 0.25) is 5.02 Å². The number of amides is 3. The molecule has 0 aromatic heterocycles. The number of anilines is 1. The number of benzene rings is 1. The third kappa shape index (κ3) is 8.20. The first-order valence-electron chi connectivity index (χ1n) is 9.87. The molecule has 0 saturated carbocycles. The van der Waals surface area contributed by atoms with Crippen molar-refractivity contribution < 1.29 is 24.2 Å². The molecule has 0 radical (unpaired) electrons. The van der Waals surface area contributed by atoms with Crippen molar-refractivity contribution in [1.82, 2.24) is 10.6 Å². The molecule has 0 aliphatic rings. The van der Waals surface area contributed by atoms with Crippen molar-refractivity contribution >= 4 is 35.2 Å². The first-order chi connectivity index (χ1) is 13.9. The summed E-state index contributed by atoms with van der Waals surface area (Å²) in [5.41, 5.74) is 1.22. The van der Waals surface area contributed by atoms with Crippen molar-refractivity contribution in [3.8, 4) is 0 Å². The van der Waals surface area contributed by atoms with Crippen molar-refractivity contribution in [1.29, 1.82) is 0 Å². The Morgan fingerprint density at radius 3 is 2.30 bits per heavy atom. The molecule has 1 unspecified atom stereocenters. The summed E-state index contributed by atoms with van der Waals surface area (Å²) >= 11 is 6.11. The second-order valence-electron chi connectivity index (χ2n) is 8.25. The van der Waals surface area contributed by atoms with Crippen LogP contribution in [0.3, 0.4) is 0 Å². The van der Waals surface area contributed by atoms with E-state index in [9.17, 15) is 19.5 Å². The van der Waals surface area contributed by atoms with Gasteiger partial charge >= 0.3 is 6.09 Å². The van der Waals surface area contributed by atoms with Gasteiger partial charge in [-0.2, -0.15) is 0 Å². The van der Waals surface area contributed by atoms with E-state index in [1.807, 2.05) is 6.92 Å². The van der Waals surface area contributed by atoms with Gasteiger partial charge in [-0.25, -0.2) is 4.79 Å². The van der Waals surface area contributed by atoms with Crippen molar-refractivity contribution in [2.45, 2.75) is 66.2 Å². The maximum Gasteiger partial charge on any atom is 0.408 e. The number of carbonyl (C=O) groups is 3. The maximum absolute atomic E-state index is 12.5. The number of aryl methyl sites for hydroxylation is 1. The van der Waals surface area contributed by atoms with Crippen LogP contribution in [0.25, 0.3) is 0 Å². The molecule has 0 fully saturated rings. The topological polar surface area (TPSA) is 117 Å². The van der Waals surface area contributed by atoms with Crippen molar-refractivity contribution in [3.63, 3.8) is 0 Å². The number of hydrogen-bond acceptors (Lipinski definition) is 5. The Hall–Kier alpha value is -2.32. The van der Waals surface area contributed by atoms with Crippen LogP contribution in [0.5, 0.6) is 0 Å². The molecule has 1 rings (SSSR count). The maximum atomic E-state index is 12.5. The summed E-state index contributed by atoms with van der Waals surface area (Å²) in [5.74, 6) is -1.14. The normalized spacial score (nSPS) is 12.3. The molecule has 1 atom stereocenters. The third-order valence-corrected chi connectivity index (χ3v) is 4.49. The van der Waals surface area contributed by atoms with Crippen LogP contribution in [0.15, 0.2) is 12.1 Å². The van der Waals surface area contributed by atoms with Gasteiger partial charge in [-0.3, -0.25) is 9.59 Å². The molecule has 9 heteroatoms. The van der Waals surface area contributed by atoms with Gasteiger partial charge in [0.1, 0.15) is 11.6 Å². The van der Waals surface area contributed by atoms with E-state index in [1.165, 1.54) is 0 Å². The van der Waals surface area contributed by atoms with Gasteiger partial charge in [-0.15, -0.1) is 0 Å². The van der Waals surface area contributed by atoms with Crippen LogP contribution in [-0.2, 0) is 27.4 Å². The number of ether oxygens (including phenoxy) is 1. The second-order valence-corrected chi connectivity index (χ2v) is 8.65. The van der Waals surface area contributed by atoms with Crippen molar-refractivity contribution in [2.75, 3.05) is 11.9 Å². The van der Waals surface area contributed by atoms with Crippen LogP contribution in [0.1, 0.15) is 52.7 Å². The predicted octanol–water partition coefficient (Wildman–Crippen LogP) is 3.00. The highest BCUT2D eigenvalue weighted by atomic mass is 35.5. The third-order valence-electron chi connectivity index (χ3n) is 4.14. The molecule has 8 nitrogen and oxygen atoms in total. The van der Waals surface area contributed by atoms with Crippen molar-refractivity contribution in [2.24, 2.45) is 5.92 Å². The molecule has 0 heterocycles. The first-order valence-corrected chi connectivity index (χ1v) is 10.2. The number of rotatable bonds is 8. The summed E-state index contributed by atoms with van der Waals surface area (Å²) < 4.78 is 5.19. The van der Waals surface area contributed by atoms with Crippen LogP contribution >= 0.6 is 11.6 Å². The molecule has 1 aromatic carbocycles. The van der Waals surface area contributed by atoms with Gasteiger partial charge in [0.05, 0.1) is 13.2 Å². The van der Waals surface area contributed by atoms with Gasteiger partial charge in [0.25, 0.3) is 0 Å². The van der Waals surface area contributed by atoms with E-state index < -0.39 is 29.6 Å². The Morgan fingerprint density at radius 1 is 1.17 bits per heavy atom. The minimum atomic E-state index is -0.850. The number of halogens is 1. The van der Waals surface area contributed by atoms with Gasteiger partial charge in [0.15, 0.2) is 0 Å². The first kappa shape index (κ1) is 25.7. The summed E-state index contributed by atoms with van der Waals surface area (Å²) in [6, 6.07) is 2.46. The van der Waals surface area contributed by atoms with E-state index in [0.29, 0.717) is 22.7 Å². The highest BCUT2D eigenvalue weighted by Gasteiger charge is 2.27. The lowest BCUT2D eigenvalue weighted by atomic mass is 10.0. The molecular formula is C21H32ClN3O5. The van der Waals surface area contributed by atoms with Crippen LogP contribution < -0.4 is 16.0 Å². The SMILES string of the molecule is CCc1cc(CO)c(Cl)cc1NC(=O)CNC(=O)C(NC(=O)OC(C)(C)C)C(C)C. The van der Waals surface area contributed by atoms with E-state index >= 15 is 0 Å². The van der Waals surface area contributed by atoms with Gasteiger partial charge in [-0.1, -0.05) is 32.4 Å². The number of hydrogen-bond donors (Lipinski definition) is 4. The number of aliphatic hydroxyl groups is 1. The summed E-state index contributed by atoms with van der Waals surface area (Å²) in [6.45, 7) is 10.2. The fraction of sp³-hybridized carbons (Fsp3) is 0.571. The molecular weight excluding hydrogens is 410 g/mol. The van der Waals surface area contributed by atoms with Gasteiger partial charge in [0, 0.05) is 10.7 Å². The van der Waals surface area contributed by atoms with E-state index in [4.69, 9.17) is 16.3 Å². The molecule has 0 aliphatic heterocycles. The monoisotopic (exact) mass is 441 g/mol. The lowest BCUT2D eigenvalue weighted by Crippen LogP contribution is -2.52. The van der Waals surface area contributed by atoms with Gasteiger partial charge < -0.3 is 25.8 Å². The van der Waals surface area contributed by atoms with Crippen LogP contribution in [-0.4, -0.2) is 41.2 Å². The number of aliphatic hydroxyl groups excluding tert-OH is 1. The average Bonchev–Trinajstić information content (AvgIpc) is 2.62. The average molecular weight is 442 g/mol. The lowest BCUT2D eigenvalue weighted by molar-refractivity contribution is -0.126. The fourth-order valence-corrected chi connectivity index (χ4v) is 2.86. The summed E-state index contributed by atoms with van der Waals surface area (Å²) in [7, 11) is 0. The Labute approximate surface area is 182 Å². The summed E-state index contributed by atoms with van der Waals surface area (Å²) in [6.07, 6.45) is -0.0755. The molecule has 0 aliphatic carbocycles. The highest BCUT2D eigenvalue weighted by molar-refractivity contribution is 6.31. The van der Waals surface area contributed by atoms with E-state index in [-0.39, 0.29) is 19.1 Å². The Morgan fingerprint density at radius 2 is 1.80 bits per heavy atom. The largest absolute Gasteiger partial charge is 0.444 e. The zero-order valence-electron chi connectivity index (χ0n) is 18.4. The summed E-state index contributed by atoms with van der Waals surface area (Å²) in [5, 5.41) is 17.5. The van der Waals surface area contributed by atoms with Crippen LogP contribution in [0.4, 0.5) is 10.5 Å². The quantitative estimate of drug-likeness (QED) is 0.494. The van der Waals surface area contributed by atoms with E-state index in [2.05, 4.69) is 16.0 Å². The smallest absolute Gasteiger partial charge is 0.408 e. The molecule has 0 bridgehead atoms. The zero-order chi connectivity index (χ0) is 23.1. The van der Waals surface area contributed by atoms with Gasteiger partial charge in [0.2, 0.25) is 11.8 Å². The minimum Gasteiger partial charge on any atom is -0.444 e. The Bertz CT molecular complexity index is 775. The molecule has 30 heavy (non-hydrogen) atoms. The van der Waals surface area contributed by atoms with E-state index in [0.717, 1.165) is 5.56 Å². The molecule has 3 amide bonds. The second kappa shape index (κ2) is 11.2. The summed E-state index contributed by atoms with van der Waals surface area (Å²) in [4.78, 5) is 36.8. The van der Waals surface area contributed by atoms with E-state index in [1.54, 1.807) is 46.8 Å². The fourth-order valence-electron chi connectivity index (χ4n) is 2.64. The highest BCUT2D eigenvalue weighted by Crippen LogP contribution is 2.26. The van der Waals surface area contributed by atoms with Gasteiger partial charge in [-0.05, 0) is 56.4 Å². The number of nitrogens with one attached hydrogen (secondary N) is 3. The lowest BCUT2D eigenvalue weighted by Gasteiger charge is -2.25. The standard InChI is InChI=1S/C21H32ClN3O5/c1-7-13-8-14(11-26)15(22)9-16(13)24-17(27)10-23-19(28)18(12(2)3)25-20(29)30-21(4,5)6/h8-9,12,18,26H,7,10-11H2,1-6H3,(H,23,28)(H,24,27)(H,25,29). The predicted molar refractivity (Wildman–Crippen MR) is 116 cm³/mol. The minimum absolute atomic E-state index is 0.197. The van der Waals surface area contributed by atoms with Crippen molar-refractivity contribution in [3.05, 3.63) is 28.3 Å². The van der Waals surface area contributed by atoms with Crippen LogP contribution in [0, 0.1) is 5.92 Å². The molecule has 0 spiro atoms. The molecule has 4 N–H and O–H groups in total. The molecule has 0 saturated heterocycles. The molecule has 168 valence electrons. The Balaban J connectivity index is 2.73.